The Morgan fingerprint density at radius 2 is 1.18 bits per heavy atom. The van der Waals surface area contributed by atoms with Gasteiger partial charge in [-0.15, -0.1) is 11.3 Å². The van der Waals surface area contributed by atoms with Gasteiger partial charge in [0.2, 0.25) is 0 Å². The molecule has 38 heavy (non-hydrogen) atoms. The molecule has 3 aromatic heterocycles. The van der Waals surface area contributed by atoms with Gasteiger partial charge in [0.15, 0.2) is 0 Å². The molecule has 178 valence electrons. The fourth-order valence-corrected chi connectivity index (χ4v) is 6.80. The standard InChI is InChI=1S/C35H22N2S/c1-3-10-23(11-4-1)25-20-26(24-12-5-2-6-13-24)22-27(21-25)37-31-16-8-7-14-28(31)29-17-18-32-33(34(29)37)30-15-9-19-36-35(30)38-32/h1-22H. The van der Waals surface area contributed by atoms with Crippen LogP contribution in [0.2, 0.25) is 0 Å². The van der Waals surface area contributed by atoms with Gasteiger partial charge in [0, 0.05) is 38.1 Å². The van der Waals surface area contributed by atoms with Crippen LogP contribution < -0.4 is 0 Å². The van der Waals surface area contributed by atoms with E-state index in [0.717, 1.165) is 10.5 Å². The summed E-state index contributed by atoms with van der Waals surface area (Å²) in [6.07, 6.45) is 1.89. The number of fused-ring (bicyclic) bond motifs is 7. The third-order valence-corrected chi connectivity index (χ3v) is 8.51. The molecular weight excluding hydrogens is 480 g/mol. The molecule has 0 unspecified atom stereocenters. The molecule has 0 aliphatic carbocycles. The molecule has 8 aromatic rings. The van der Waals surface area contributed by atoms with Gasteiger partial charge in [0.1, 0.15) is 4.83 Å². The normalized spacial score (nSPS) is 11.7. The van der Waals surface area contributed by atoms with Gasteiger partial charge in [-0.3, -0.25) is 0 Å². The van der Waals surface area contributed by atoms with Crippen LogP contribution in [0.15, 0.2) is 134 Å². The van der Waals surface area contributed by atoms with Crippen molar-refractivity contribution < 1.29 is 0 Å². The minimum absolute atomic E-state index is 1.08. The number of thiophene rings is 1. The van der Waals surface area contributed by atoms with E-state index in [1.165, 1.54) is 59.5 Å². The van der Waals surface area contributed by atoms with Crippen molar-refractivity contribution in [3.63, 3.8) is 0 Å². The van der Waals surface area contributed by atoms with Crippen LogP contribution in [0, 0.1) is 0 Å². The van der Waals surface area contributed by atoms with Crippen molar-refractivity contribution >= 4 is 53.4 Å². The van der Waals surface area contributed by atoms with Crippen molar-refractivity contribution in [2.75, 3.05) is 0 Å². The summed E-state index contributed by atoms with van der Waals surface area (Å²) < 4.78 is 3.73. The van der Waals surface area contributed by atoms with E-state index in [9.17, 15) is 0 Å². The number of para-hydroxylation sites is 1. The van der Waals surface area contributed by atoms with Gasteiger partial charge in [-0.25, -0.2) is 4.98 Å². The van der Waals surface area contributed by atoms with E-state index in [-0.39, 0.29) is 0 Å². The minimum Gasteiger partial charge on any atom is -0.309 e. The number of hydrogen-bond acceptors (Lipinski definition) is 2. The Kier molecular flexibility index (Phi) is 4.73. The summed E-state index contributed by atoms with van der Waals surface area (Å²) in [4.78, 5) is 5.78. The van der Waals surface area contributed by atoms with Crippen LogP contribution in [0.4, 0.5) is 0 Å². The molecule has 0 amide bonds. The molecule has 0 aliphatic rings. The lowest BCUT2D eigenvalue weighted by Gasteiger charge is -2.14. The predicted octanol–water partition coefficient (Wildman–Crippen LogP) is 9.88. The van der Waals surface area contributed by atoms with Gasteiger partial charge < -0.3 is 4.57 Å². The number of hydrogen-bond donors (Lipinski definition) is 0. The van der Waals surface area contributed by atoms with Gasteiger partial charge >= 0.3 is 0 Å². The minimum atomic E-state index is 1.08. The van der Waals surface area contributed by atoms with Crippen LogP contribution in [0.3, 0.4) is 0 Å². The fourth-order valence-electron chi connectivity index (χ4n) is 5.75. The lowest BCUT2D eigenvalue weighted by Crippen LogP contribution is -1.96. The van der Waals surface area contributed by atoms with Gasteiger partial charge in [-0.2, -0.15) is 0 Å². The number of rotatable bonds is 3. The van der Waals surface area contributed by atoms with Crippen molar-refractivity contribution in [3.8, 4) is 27.9 Å². The van der Waals surface area contributed by atoms with Gasteiger partial charge in [0.25, 0.3) is 0 Å². The molecule has 0 bridgehead atoms. The molecule has 0 atom stereocenters. The molecule has 3 heteroatoms. The molecule has 8 rings (SSSR count). The maximum absolute atomic E-state index is 4.70. The summed E-state index contributed by atoms with van der Waals surface area (Å²) in [5.41, 5.74) is 8.45. The van der Waals surface area contributed by atoms with E-state index in [2.05, 4.69) is 126 Å². The monoisotopic (exact) mass is 502 g/mol. The maximum Gasteiger partial charge on any atom is 0.124 e. The van der Waals surface area contributed by atoms with E-state index < -0.39 is 0 Å². The Balaban J connectivity index is 1.54. The number of benzene rings is 5. The van der Waals surface area contributed by atoms with Crippen molar-refractivity contribution in [1.29, 1.82) is 0 Å². The van der Waals surface area contributed by atoms with Crippen molar-refractivity contribution in [2.24, 2.45) is 0 Å². The summed E-state index contributed by atoms with van der Waals surface area (Å²) in [5, 5.41) is 5.02. The molecule has 0 aliphatic heterocycles. The molecule has 5 aromatic carbocycles. The number of aromatic nitrogens is 2. The molecule has 0 saturated carbocycles. The zero-order valence-electron chi connectivity index (χ0n) is 20.5. The average Bonchev–Trinajstić information content (AvgIpc) is 3.53. The first kappa shape index (κ1) is 21.4. The van der Waals surface area contributed by atoms with Crippen LogP contribution in [0.5, 0.6) is 0 Å². The first-order valence-corrected chi connectivity index (χ1v) is 13.6. The highest BCUT2D eigenvalue weighted by atomic mass is 32.1. The third kappa shape index (κ3) is 3.22. The van der Waals surface area contributed by atoms with Crippen molar-refractivity contribution in [2.45, 2.75) is 0 Å². The summed E-state index contributed by atoms with van der Waals surface area (Å²) in [6, 6.07) is 45.9. The topological polar surface area (TPSA) is 17.8 Å². The molecule has 0 fully saturated rings. The highest BCUT2D eigenvalue weighted by molar-refractivity contribution is 7.25. The van der Waals surface area contributed by atoms with E-state index in [0.29, 0.717) is 0 Å². The Morgan fingerprint density at radius 3 is 1.92 bits per heavy atom. The quantitative estimate of drug-likeness (QED) is 0.235. The molecule has 0 radical (unpaired) electrons. The van der Waals surface area contributed by atoms with Crippen LogP contribution in [0.1, 0.15) is 0 Å². The second-order valence-corrected chi connectivity index (χ2v) is 10.7. The van der Waals surface area contributed by atoms with Crippen molar-refractivity contribution in [1.82, 2.24) is 9.55 Å². The summed E-state index contributed by atoms with van der Waals surface area (Å²) >= 11 is 1.77. The zero-order valence-corrected chi connectivity index (χ0v) is 21.3. The first-order valence-electron chi connectivity index (χ1n) is 12.8. The molecule has 0 N–H and O–H groups in total. The fraction of sp³-hybridized carbons (Fsp3) is 0. The molecular formula is C35H22N2S. The number of pyridine rings is 1. The lowest BCUT2D eigenvalue weighted by molar-refractivity contribution is 1.19. The van der Waals surface area contributed by atoms with Crippen LogP contribution in [-0.2, 0) is 0 Å². The van der Waals surface area contributed by atoms with Crippen LogP contribution in [-0.4, -0.2) is 9.55 Å². The summed E-state index contributed by atoms with van der Waals surface area (Å²) in [5.74, 6) is 0. The summed E-state index contributed by atoms with van der Waals surface area (Å²) in [7, 11) is 0. The summed E-state index contributed by atoms with van der Waals surface area (Å²) in [6.45, 7) is 0. The van der Waals surface area contributed by atoms with E-state index in [1.807, 2.05) is 12.3 Å². The highest BCUT2D eigenvalue weighted by Gasteiger charge is 2.19. The Hall–Kier alpha value is -4.73. The van der Waals surface area contributed by atoms with Gasteiger partial charge in [-0.05, 0) is 64.7 Å². The van der Waals surface area contributed by atoms with E-state index in [4.69, 9.17) is 4.98 Å². The lowest BCUT2D eigenvalue weighted by atomic mass is 9.98. The van der Waals surface area contributed by atoms with Crippen molar-refractivity contribution in [3.05, 3.63) is 134 Å². The molecule has 0 saturated heterocycles. The molecule has 3 heterocycles. The second kappa shape index (κ2) is 8.41. The van der Waals surface area contributed by atoms with E-state index in [1.54, 1.807) is 11.3 Å². The predicted molar refractivity (Wildman–Crippen MR) is 162 cm³/mol. The first-order chi connectivity index (χ1) is 18.8. The smallest absolute Gasteiger partial charge is 0.124 e. The Labute approximate surface area is 224 Å². The third-order valence-electron chi connectivity index (χ3n) is 7.44. The Bertz CT molecular complexity index is 2060. The average molecular weight is 503 g/mol. The van der Waals surface area contributed by atoms with E-state index >= 15 is 0 Å². The SMILES string of the molecule is c1ccc(-c2cc(-c3ccccc3)cc(-n3c4ccccc4c4ccc5sc6ncccc6c5c43)c2)cc1. The zero-order chi connectivity index (χ0) is 25.1. The molecule has 0 spiro atoms. The number of nitrogens with zero attached hydrogens (tertiary/aromatic N) is 2. The second-order valence-electron chi connectivity index (χ2n) is 9.65. The van der Waals surface area contributed by atoms with Gasteiger partial charge in [0.05, 0.1) is 11.0 Å². The van der Waals surface area contributed by atoms with Crippen LogP contribution >= 0.6 is 11.3 Å². The largest absolute Gasteiger partial charge is 0.309 e. The van der Waals surface area contributed by atoms with Gasteiger partial charge in [-0.1, -0.05) is 84.9 Å². The van der Waals surface area contributed by atoms with Crippen LogP contribution in [0.25, 0.3) is 70.0 Å². The molecule has 2 nitrogen and oxygen atoms in total. The maximum atomic E-state index is 4.70. The Morgan fingerprint density at radius 1 is 0.526 bits per heavy atom. The highest BCUT2D eigenvalue weighted by Crippen LogP contribution is 2.43.